The molecule has 8 nitrogen and oxygen atoms in total. The normalized spacial score (nSPS) is 12.5. The highest BCUT2D eigenvalue weighted by atomic mass is 16.2. The predicted molar refractivity (Wildman–Crippen MR) is 91.4 cm³/mol. The Labute approximate surface area is 139 Å². The summed E-state index contributed by atoms with van der Waals surface area (Å²) in [6.45, 7) is 4.21. The summed E-state index contributed by atoms with van der Waals surface area (Å²) in [5.41, 5.74) is 1.57. The Hall–Kier alpha value is -2.90. The van der Waals surface area contributed by atoms with E-state index in [9.17, 15) is 4.79 Å². The Bertz CT molecular complexity index is 836. The second-order valence-corrected chi connectivity index (χ2v) is 6.19. The van der Waals surface area contributed by atoms with Gasteiger partial charge in [0.2, 0.25) is 0 Å². The van der Waals surface area contributed by atoms with Crippen LogP contribution in [-0.4, -0.2) is 31.0 Å². The van der Waals surface area contributed by atoms with Crippen LogP contribution in [0, 0.1) is 5.92 Å². The second-order valence-electron chi connectivity index (χ2n) is 6.19. The second kappa shape index (κ2) is 6.69. The number of aryl methyl sites for hydroxylation is 1. The Kier molecular flexibility index (Phi) is 4.45. The van der Waals surface area contributed by atoms with Gasteiger partial charge < -0.3 is 10.6 Å². The third-order valence-electron chi connectivity index (χ3n) is 3.77. The molecule has 1 aromatic carbocycles. The largest absolute Gasteiger partial charge is 0.328 e. The van der Waals surface area contributed by atoms with Gasteiger partial charge in [-0.05, 0) is 30.5 Å². The van der Waals surface area contributed by atoms with Crippen molar-refractivity contribution in [2.75, 3.05) is 5.32 Å². The van der Waals surface area contributed by atoms with Gasteiger partial charge in [-0.15, -0.1) is 0 Å². The van der Waals surface area contributed by atoms with Crippen molar-refractivity contribution in [3.05, 3.63) is 36.5 Å². The Morgan fingerprint density at radius 3 is 2.92 bits per heavy atom. The lowest BCUT2D eigenvalue weighted by Gasteiger charge is -2.20. The van der Waals surface area contributed by atoms with Crippen molar-refractivity contribution in [2.24, 2.45) is 13.0 Å². The number of hydrogen-bond acceptors (Lipinski definition) is 4. The molecule has 126 valence electrons. The topological polar surface area (TPSA) is 101 Å². The molecule has 0 radical (unpaired) electrons. The van der Waals surface area contributed by atoms with Crippen LogP contribution in [0.5, 0.6) is 0 Å². The first-order valence-corrected chi connectivity index (χ1v) is 7.87. The van der Waals surface area contributed by atoms with Crippen LogP contribution in [-0.2, 0) is 7.05 Å². The average Bonchev–Trinajstić information content (AvgIpc) is 3.14. The molecule has 0 bridgehead atoms. The Morgan fingerprint density at radius 1 is 1.38 bits per heavy atom. The van der Waals surface area contributed by atoms with Crippen LogP contribution in [0.1, 0.15) is 32.1 Å². The molecule has 2 amide bonds. The Morgan fingerprint density at radius 2 is 2.21 bits per heavy atom. The fourth-order valence-corrected chi connectivity index (χ4v) is 2.66. The van der Waals surface area contributed by atoms with Crippen molar-refractivity contribution < 1.29 is 4.79 Å². The molecule has 1 atom stereocenters. The number of fused-ring (bicyclic) bond motifs is 1. The molecule has 3 N–H and O–H groups in total. The minimum atomic E-state index is -0.275. The molecule has 0 spiro atoms. The number of carbonyl (C=O) groups excluding carboxylic acids is 1. The van der Waals surface area contributed by atoms with Gasteiger partial charge in [-0.3, -0.25) is 9.78 Å². The van der Waals surface area contributed by atoms with Crippen molar-refractivity contribution >= 4 is 22.6 Å². The predicted octanol–water partition coefficient (Wildman–Crippen LogP) is 2.60. The maximum absolute atomic E-state index is 12.4. The van der Waals surface area contributed by atoms with Crippen molar-refractivity contribution in [3.8, 4) is 0 Å². The van der Waals surface area contributed by atoms with Gasteiger partial charge in [-0.2, -0.15) is 10.2 Å². The number of carbonyl (C=O) groups is 1. The summed E-state index contributed by atoms with van der Waals surface area (Å²) in [6, 6.07) is 5.12. The molecule has 8 heteroatoms. The maximum atomic E-state index is 12.4. The van der Waals surface area contributed by atoms with Gasteiger partial charge in [0.25, 0.3) is 0 Å². The van der Waals surface area contributed by atoms with Crippen molar-refractivity contribution in [1.29, 1.82) is 0 Å². The monoisotopic (exact) mass is 327 g/mol. The number of anilines is 1. The van der Waals surface area contributed by atoms with Crippen molar-refractivity contribution in [1.82, 2.24) is 30.3 Å². The summed E-state index contributed by atoms with van der Waals surface area (Å²) in [7, 11) is 1.82. The molecule has 2 aromatic heterocycles. The summed E-state index contributed by atoms with van der Waals surface area (Å²) < 4.78 is 1.68. The molecule has 0 fully saturated rings. The van der Waals surface area contributed by atoms with Gasteiger partial charge in [0.15, 0.2) is 0 Å². The molecular weight excluding hydrogens is 306 g/mol. The van der Waals surface area contributed by atoms with Crippen LogP contribution in [0.4, 0.5) is 10.5 Å². The van der Waals surface area contributed by atoms with Gasteiger partial charge in [-0.25, -0.2) is 9.78 Å². The van der Waals surface area contributed by atoms with Gasteiger partial charge in [0.05, 0.1) is 17.8 Å². The molecule has 0 aliphatic heterocycles. The molecule has 3 rings (SSSR count). The van der Waals surface area contributed by atoms with E-state index in [-0.39, 0.29) is 12.1 Å². The fourth-order valence-electron chi connectivity index (χ4n) is 2.66. The smallest absolute Gasteiger partial charge is 0.319 e. The highest BCUT2D eigenvalue weighted by Crippen LogP contribution is 2.20. The van der Waals surface area contributed by atoms with Gasteiger partial charge in [0, 0.05) is 18.1 Å². The number of amides is 2. The van der Waals surface area contributed by atoms with E-state index >= 15 is 0 Å². The van der Waals surface area contributed by atoms with Crippen molar-refractivity contribution in [2.45, 2.75) is 26.3 Å². The van der Waals surface area contributed by atoms with Gasteiger partial charge in [-0.1, -0.05) is 13.8 Å². The average molecular weight is 327 g/mol. The third kappa shape index (κ3) is 3.53. The van der Waals surface area contributed by atoms with Crippen LogP contribution >= 0.6 is 0 Å². The van der Waals surface area contributed by atoms with E-state index in [1.165, 1.54) is 6.33 Å². The van der Waals surface area contributed by atoms with E-state index in [1.807, 2.05) is 25.2 Å². The number of nitrogens with zero attached hydrogens (tertiary/aromatic N) is 4. The number of H-pyrrole nitrogens is 1. The minimum Gasteiger partial charge on any atom is -0.328 e. The van der Waals surface area contributed by atoms with Gasteiger partial charge in [0.1, 0.15) is 12.2 Å². The zero-order chi connectivity index (χ0) is 17.1. The molecule has 0 saturated heterocycles. The highest BCUT2D eigenvalue weighted by Gasteiger charge is 2.20. The molecular formula is C16H21N7O. The highest BCUT2D eigenvalue weighted by molar-refractivity contribution is 5.92. The maximum Gasteiger partial charge on any atom is 0.319 e. The minimum absolute atomic E-state index is 0.201. The van der Waals surface area contributed by atoms with E-state index in [0.29, 0.717) is 11.6 Å². The molecule has 0 unspecified atom stereocenters. The first-order chi connectivity index (χ1) is 11.5. The molecule has 0 aliphatic rings. The Balaban J connectivity index is 1.71. The standard InChI is InChI=1S/C16H21N7O/c1-10(2)6-14(15-17-9-19-23(15)3)21-16(24)20-12-5-4-11-8-18-22-13(11)7-12/h4-5,7-10,14H,6H2,1-3H3,(H,18,22)(H2,20,21,24)/t14-/m1/s1. The lowest BCUT2D eigenvalue weighted by molar-refractivity contribution is 0.245. The van der Waals surface area contributed by atoms with E-state index in [2.05, 4.69) is 44.8 Å². The lowest BCUT2D eigenvalue weighted by atomic mass is 10.0. The number of aromatic amines is 1. The van der Waals surface area contributed by atoms with Crippen LogP contribution in [0.15, 0.2) is 30.7 Å². The van der Waals surface area contributed by atoms with E-state index < -0.39 is 0 Å². The molecule has 0 aliphatic carbocycles. The summed E-state index contributed by atoms with van der Waals surface area (Å²) in [6.07, 6.45) is 4.01. The molecule has 24 heavy (non-hydrogen) atoms. The van der Waals surface area contributed by atoms with Crippen LogP contribution in [0.3, 0.4) is 0 Å². The summed E-state index contributed by atoms with van der Waals surface area (Å²) in [5.74, 6) is 1.15. The number of urea groups is 1. The quantitative estimate of drug-likeness (QED) is 0.670. The van der Waals surface area contributed by atoms with Crippen LogP contribution in [0.2, 0.25) is 0 Å². The molecule has 0 saturated carbocycles. The molecule has 2 heterocycles. The van der Waals surface area contributed by atoms with E-state index in [0.717, 1.165) is 23.1 Å². The third-order valence-corrected chi connectivity index (χ3v) is 3.77. The summed E-state index contributed by atoms with van der Waals surface area (Å²) >= 11 is 0. The fraction of sp³-hybridized carbons (Fsp3) is 0.375. The number of nitrogens with one attached hydrogen (secondary N) is 3. The SMILES string of the molecule is CC(C)C[C@@H](NC(=O)Nc1ccc2cn[nH]c2c1)c1ncnn1C. The summed E-state index contributed by atoms with van der Waals surface area (Å²) in [4.78, 5) is 16.6. The first-order valence-electron chi connectivity index (χ1n) is 7.87. The summed E-state index contributed by atoms with van der Waals surface area (Å²) in [5, 5.41) is 17.8. The number of hydrogen-bond donors (Lipinski definition) is 3. The van der Waals surface area contributed by atoms with Gasteiger partial charge >= 0.3 is 6.03 Å². The van der Waals surface area contributed by atoms with Crippen LogP contribution < -0.4 is 10.6 Å². The number of benzene rings is 1. The number of rotatable bonds is 5. The van der Waals surface area contributed by atoms with E-state index in [4.69, 9.17) is 0 Å². The lowest BCUT2D eigenvalue weighted by Crippen LogP contribution is -2.34. The zero-order valence-corrected chi connectivity index (χ0v) is 13.9. The van der Waals surface area contributed by atoms with Crippen LogP contribution in [0.25, 0.3) is 10.9 Å². The zero-order valence-electron chi connectivity index (χ0n) is 13.9. The molecule has 3 aromatic rings. The first kappa shape index (κ1) is 16.0. The number of aromatic nitrogens is 5. The van der Waals surface area contributed by atoms with Crippen molar-refractivity contribution in [3.63, 3.8) is 0 Å². The van der Waals surface area contributed by atoms with E-state index in [1.54, 1.807) is 10.9 Å².